The van der Waals surface area contributed by atoms with Crippen molar-refractivity contribution < 1.29 is 38.0 Å². The molecule has 5 aromatic rings. The number of hydrogen-bond acceptors (Lipinski definition) is 6. The second-order valence-electron chi connectivity index (χ2n) is 9.27. The van der Waals surface area contributed by atoms with Crippen LogP contribution in [0.25, 0.3) is 27.7 Å². The lowest BCUT2D eigenvalue weighted by Crippen LogP contribution is -2.04. The third kappa shape index (κ3) is 5.29. The van der Waals surface area contributed by atoms with Gasteiger partial charge in [0.25, 0.3) is 0 Å². The highest BCUT2D eigenvalue weighted by Gasteiger charge is 2.32. The van der Waals surface area contributed by atoms with Gasteiger partial charge in [0, 0.05) is 16.6 Å². The number of aryl methyl sites for hydroxylation is 2. The normalized spacial score (nSPS) is 11.8. The number of halogens is 3. The van der Waals surface area contributed by atoms with Gasteiger partial charge in [-0.2, -0.15) is 13.2 Å². The van der Waals surface area contributed by atoms with Gasteiger partial charge in [0.05, 0.1) is 11.1 Å². The summed E-state index contributed by atoms with van der Waals surface area (Å²) in [6.07, 6.45) is -6.13. The zero-order valence-electron chi connectivity index (χ0n) is 21.6. The lowest BCUT2D eigenvalue weighted by molar-refractivity contribution is -0.137. The molecule has 0 saturated heterocycles. The van der Waals surface area contributed by atoms with Crippen LogP contribution in [0.5, 0.6) is 17.4 Å². The fourth-order valence-corrected chi connectivity index (χ4v) is 4.44. The molecule has 0 spiro atoms. The summed E-state index contributed by atoms with van der Waals surface area (Å²) in [7, 11) is 0. The van der Waals surface area contributed by atoms with Gasteiger partial charge in [0.2, 0.25) is 5.88 Å². The van der Waals surface area contributed by atoms with Gasteiger partial charge in [0.1, 0.15) is 11.4 Å². The van der Waals surface area contributed by atoms with E-state index < -0.39 is 23.8 Å². The van der Waals surface area contributed by atoms with Crippen molar-refractivity contribution in [1.29, 1.82) is 0 Å². The zero-order chi connectivity index (χ0) is 29.5. The van der Waals surface area contributed by atoms with Crippen molar-refractivity contribution in [2.45, 2.75) is 20.0 Å². The molecular weight excluding hydrogens is 539 g/mol. The number of azo groups is 1. The van der Waals surface area contributed by atoms with E-state index in [4.69, 9.17) is 5.11 Å². The summed E-state index contributed by atoms with van der Waals surface area (Å²) >= 11 is 0. The summed E-state index contributed by atoms with van der Waals surface area (Å²) < 4.78 is 46.8. The highest BCUT2D eigenvalue weighted by Crippen LogP contribution is 2.45. The predicted molar refractivity (Wildman–Crippen MR) is 146 cm³/mol. The van der Waals surface area contributed by atoms with E-state index in [9.17, 15) is 28.2 Å². The molecule has 0 aliphatic carbocycles. The number of nitrogens with zero attached hydrogens (tertiary/aromatic N) is 3. The van der Waals surface area contributed by atoms with E-state index in [0.717, 1.165) is 23.3 Å². The van der Waals surface area contributed by atoms with E-state index in [2.05, 4.69) is 15.0 Å². The molecule has 0 saturated carbocycles. The molecule has 0 fully saturated rings. The topological polar surface area (TPSA) is 117 Å². The van der Waals surface area contributed by atoms with Crippen molar-refractivity contribution in [3.63, 3.8) is 0 Å². The molecule has 5 rings (SSSR count). The third-order valence-electron chi connectivity index (χ3n) is 6.61. The van der Waals surface area contributed by atoms with Gasteiger partial charge in [-0.05, 0) is 79.1 Å². The summed E-state index contributed by atoms with van der Waals surface area (Å²) in [5, 5.41) is 39.2. The summed E-state index contributed by atoms with van der Waals surface area (Å²) in [5.41, 5.74) is 2.23. The summed E-state index contributed by atoms with van der Waals surface area (Å²) in [4.78, 5) is 10.9. The number of benzene rings is 4. The van der Waals surface area contributed by atoms with Gasteiger partial charge in [-0.15, -0.1) is 10.2 Å². The SMILES string of the molecule is Cc1ccc(-n2c(O)c(N=Nc3cccc(-c4cccc(OC(=O)O)c4)c3O)c3cc(C(F)(F)F)ccc32)cc1C. The fourth-order valence-electron chi connectivity index (χ4n) is 4.44. The lowest BCUT2D eigenvalue weighted by atomic mass is 10.0. The minimum absolute atomic E-state index is 0.00784. The smallest absolute Gasteiger partial charge is 0.505 e. The molecule has 0 aliphatic heterocycles. The van der Waals surface area contributed by atoms with Crippen molar-refractivity contribution in [2.75, 3.05) is 0 Å². The molecule has 0 amide bonds. The average Bonchev–Trinajstić information content (AvgIpc) is 3.19. The van der Waals surface area contributed by atoms with Gasteiger partial charge in [-0.3, -0.25) is 4.57 Å². The largest absolute Gasteiger partial charge is 0.511 e. The van der Waals surface area contributed by atoms with Gasteiger partial charge in [0.15, 0.2) is 11.4 Å². The van der Waals surface area contributed by atoms with Crippen LogP contribution in [0.1, 0.15) is 16.7 Å². The van der Waals surface area contributed by atoms with E-state index in [-0.39, 0.29) is 39.3 Å². The van der Waals surface area contributed by atoms with Crippen molar-refractivity contribution >= 4 is 28.4 Å². The Hall–Kier alpha value is -5.32. The molecule has 208 valence electrons. The Morgan fingerprint density at radius 3 is 2.34 bits per heavy atom. The van der Waals surface area contributed by atoms with Crippen LogP contribution in [0.2, 0.25) is 0 Å². The van der Waals surface area contributed by atoms with Crippen LogP contribution in [0.15, 0.2) is 89.1 Å². The average molecular weight is 562 g/mol. The van der Waals surface area contributed by atoms with Crippen molar-refractivity contribution in [3.8, 4) is 34.2 Å². The lowest BCUT2D eigenvalue weighted by Gasteiger charge is -2.10. The molecule has 3 N–H and O–H groups in total. The predicted octanol–water partition coefficient (Wildman–Crippen LogP) is 8.82. The number of aromatic nitrogens is 1. The molecular formula is C30H22F3N3O5. The number of hydrogen-bond donors (Lipinski definition) is 3. The number of phenols is 1. The maximum atomic E-state index is 13.6. The number of carboxylic acid groups (broad SMARTS) is 1. The maximum Gasteiger partial charge on any atom is 0.511 e. The molecule has 41 heavy (non-hydrogen) atoms. The van der Waals surface area contributed by atoms with Gasteiger partial charge < -0.3 is 20.1 Å². The van der Waals surface area contributed by atoms with Crippen molar-refractivity contribution in [2.24, 2.45) is 10.2 Å². The van der Waals surface area contributed by atoms with E-state index in [1.165, 1.54) is 28.8 Å². The van der Waals surface area contributed by atoms with Crippen LogP contribution < -0.4 is 4.74 Å². The molecule has 0 unspecified atom stereocenters. The number of fused-ring (bicyclic) bond motifs is 1. The Morgan fingerprint density at radius 1 is 0.878 bits per heavy atom. The highest BCUT2D eigenvalue weighted by atomic mass is 19.4. The second kappa shape index (κ2) is 10.3. The van der Waals surface area contributed by atoms with Gasteiger partial charge in [-0.25, -0.2) is 4.79 Å². The van der Waals surface area contributed by atoms with Gasteiger partial charge >= 0.3 is 12.3 Å². The first-order valence-corrected chi connectivity index (χ1v) is 12.2. The molecule has 0 bridgehead atoms. The zero-order valence-corrected chi connectivity index (χ0v) is 21.6. The number of rotatable bonds is 5. The first kappa shape index (κ1) is 27.3. The Morgan fingerprint density at radius 2 is 1.63 bits per heavy atom. The molecule has 1 heterocycles. The molecule has 1 aromatic heterocycles. The standard InChI is InChI=1S/C30H22F3N3O5/c1-16-9-11-20(13-17(16)2)36-25-12-10-19(30(31,32)33)15-23(25)26(28(36)38)35-34-24-8-4-7-22(27(24)37)18-5-3-6-21(14-18)41-29(39)40/h3-15,37-38H,1-2H3,(H,39,40). The fraction of sp³-hybridized carbons (Fsp3) is 0.100. The number of alkyl halides is 3. The van der Waals surface area contributed by atoms with Crippen LogP contribution in [0.3, 0.4) is 0 Å². The second-order valence-corrected chi connectivity index (χ2v) is 9.27. The van der Waals surface area contributed by atoms with Crippen LogP contribution in [0, 0.1) is 13.8 Å². The Balaban J connectivity index is 1.64. The van der Waals surface area contributed by atoms with E-state index in [1.807, 2.05) is 19.9 Å². The molecule has 8 nitrogen and oxygen atoms in total. The van der Waals surface area contributed by atoms with E-state index in [0.29, 0.717) is 11.3 Å². The molecule has 0 aliphatic rings. The quantitative estimate of drug-likeness (QED) is 0.113. The first-order valence-electron chi connectivity index (χ1n) is 12.2. The Bertz CT molecular complexity index is 1840. The number of carbonyl (C=O) groups is 1. The van der Waals surface area contributed by atoms with Crippen molar-refractivity contribution in [3.05, 3.63) is 95.6 Å². The molecule has 0 radical (unpaired) electrons. The van der Waals surface area contributed by atoms with Gasteiger partial charge in [-0.1, -0.05) is 30.3 Å². The minimum atomic E-state index is -4.63. The number of ether oxygens (including phenoxy) is 1. The molecule has 11 heteroatoms. The van der Waals surface area contributed by atoms with E-state index >= 15 is 0 Å². The highest BCUT2D eigenvalue weighted by molar-refractivity contribution is 5.97. The van der Waals surface area contributed by atoms with Crippen LogP contribution in [0.4, 0.5) is 29.3 Å². The first-order chi connectivity index (χ1) is 19.4. The number of phenolic OH excluding ortho intramolecular Hbond substituents is 1. The van der Waals surface area contributed by atoms with Crippen molar-refractivity contribution in [1.82, 2.24) is 4.57 Å². The Kier molecular flexibility index (Phi) is 6.87. The summed E-state index contributed by atoms with van der Waals surface area (Å²) in [6, 6.07) is 19.0. The summed E-state index contributed by atoms with van der Waals surface area (Å²) in [6.45, 7) is 3.79. The Labute approximate surface area is 231 Å². The maximum absolute atomic E-state index is 13.6. The third-order valence-corrected chi connectivity index (χ3v) is 6.61. The number of aromatic hydroxyl groups is 2. The van der Waals surface area contributed by atoms with Crippen LogP contribution in [-0.4, -0.2) is 26.0 Å². The molecule has 0 atom stereocenters. The minimum Gasteiger partial charge on any atom is -0.505 e. The molecule has 4 aromatic carbocycles. The number of para-hydroxylation sites is 1. The monoisotopic (exact) mass is 561 g/mol. The van der Waals surface area contributed by atoms with Crippen LogP contribution >= 0.6 is 0 Å². The van der Waals surface area contributed by atoms with Crippen LogP contribution in [-0.2, 0) is 6.18 Å². The van der Waals surface area contributed by atoms with E-state index in [1.54, 1.807) is 36.4 Å². The summed E-state index contributed by atoms with van der Waals surface area (Å²) in [5.74, 6) is -0.719.